The summed E-state index contributed by atoms with van der Waals surface area (Å²) in [5, 5.41) is 17.8. The summed E-state index contributed by atoms with van der Waals surface area (Å²) in [7, 11) is 1.61. The van der Waals surface area contributed by atoms with Gasteiger partial charge >= 0.3 is 6.18 Å². The Hall–Kier alpha value is -0.630. The standard InChI is InChI=1S/C11H15BrF3N3O/c1-18-8(10(12)16-17-18)9(19)6-3-2-4-7(5-6)11(13,14)15/h6-7,9,19H,2-5H2,1H3. The van der Waals surface area contributed by atoms with Crippen molar-refractivity contribution in [1.29, 1.82) is 0 Å². The molecule has 0 aliphatic heterocycles. The van der Waals surface area contributed by atoms with Gasteiger partial charge in [0.25, 0.3) is 0 Å². The Labute approximate surface area is 117 Å². The summed E-state index contributed by atoms with van der Waals surface area (Å²) in [6, 6.07) is 0. The van der Waals surface area contributed by atoms with Crippen LogP contribution in [-0.4, -0.2) is 26.3 Å². The smallest absolute Gasteiger partial charge is 0.386 e. The van der Waals surface area contributed by atoms with Gasteiger partial charge in [-0.3, -0.25) is 0 Å². The molecule has 1 heterocycles. The van der Waals surface area contributed by atoms with Gasteiger partial charge in [0.05, 0.1) is 5.92 Å². The number of aliphatic hydroxyl groups excluding tert-OH is 1. The van der Waals surface area contributed by atoms with Crippen molar-refractivity contribution in [3.8, 4) is 0 Å². The average Bonchev–Trinajstić information content (AvgIpc) is 2.67. The highest BCUT2D eigenvalue weighted by molar-refractivity contribution is 9.10. The molecular formula is C11H15BrF3N3O. The number of nitrogens with zero attached hydrogens (tertiary/aromatic N) is 3. The van der Waals surface area contributed by atoms with Crippen LogP contribution in [0.3, 0.4) is 0 Å². The zero-order valence-electron chi connectivity index (χ0n) is 10.4. The Morgan fingerprint density at radius 3 is 2.63 bits per heavy atom. The molecule has 1 N–H and O–H groups in total. The minimum absolute atomic E-state index is 0.0394. The van der Waals surface area contributed by atoms with Crippen LogP contribution in [0.15, 0.2) is 4.60 Å². The van der Waals surface area contributed by atoms with Crippen LogP contribution in [0.5, 0.6) is 0 Å². The maximum Gasteiger partial charge on any atom is 0.391 e. The van der Waals surface area contributed by atoms with Gasteiger partial charge < -0.3 is 5.11 Å². The molecule has 0 aromatic carbocycles. The molecular weight excluding hydrogens is 327 g/mol. The summed E-state index contributed by atoms with van der Waals surface area (Å²) in [5.41, 5.74) is 0.438. The minimum Gasteiger partial charge on any atom is -0.386 e. The molecule has 108 valence electrons. The molecule has 19 heavy (non-hydrogen) atoms. The molecule has 0 radical (unpaired) electrons. The Morgan fingerprint density at radius 1 is 1.42 bits per heavy atom. The van der Waals surface area contributed by atoms with Crippen LogP contribution in [-0.2, 0) is 7.05 Å². The molecule has 8 heteroatoms. The molecule has 2 rings (SSSR count). The molecule has 1 aliphatic rings. The number of rotatable bonds is 2. The SMILES string of the molecule is Cn1nnc(Br)c1C(O)C1CCCC(C(F)(F)F)C1. The fourth-order valence-corrected chi connectivity index (χ4v) is 3.25. The van der Waals surface area contributed by atoms with E-state index in [1.165, 1.54) is 4.68 Å². The summed E-state index contributed by atoms with van der Waals surface area (Å²) in [4.78, 5) is 0. The van der Waals surface area contributed by atoms with Crippen molar-refractivity contribution >= 4 is 15.9 Å². The summed E-state index contributed by atoms with van der Waals surface area (Å²) in [5.74, 6) is -1.73. The number of alkyl halides is 3. The van der Waals surface area contributed by atoms with E-state index in [2.05, 4.69) is 26.2 Å². The van der Waals surface area contributed by atoms with Gasteiger partial charge in [-0.05, 0) is 41.1 Å². The van der Waals surface area contributed by atoms with Gasteiger partial charge in [-0.15, -0.1) is 5.10 Å². The maximum atomic E-state index is 12.8. The Balaban J connectivity index is 2.14. The van der Waals surface area contributed by atoms with Crippen molar-refractivity contribution in [3.63, 3.8) is 0 Å². The molecule has 0 bridgehead atoms. The quantitative estimate of drug-likeness (QED) is 0.899. The van der Waals surface area contributed by atoms with Crippen LogP contribution in [0.25, 0.3) is 0 Å². The van der Waals surface area contributed by atoms with Crippen molar-refractivity contribution in [1.82, 2.24) is 15.0 Å². The van der Waals surface area contributed by atoms with Crippen LogP contribution >= 0.6 is 15.9 Å². The molecule has 1 fully saturated rings. The monoisotopic (exact) mass is 341 g/mol. The van der Waals surface area contributed by atoms with Gasteiger partial charge in [-0.2, -0.15) is 13.2 Å². The van der Waals surface area contributed by atoms with E-state index >= 15 is 0 Å². The number of aliphatic hydroxyl groups is 1. The molecule has 1 aromatic heterocycles. The molecule has 0 amide bonds. The van der Waals surface area contributed by atoms with Crippen LogP contribution in [0.1, 0.15) is 37.5 Å². The van der Waals surface area contributed by atoms with Gasteiger partial charge in [0.15, 0.2) is 4.60 Å². The predicted molar refractivity (Wildman–Crippen MR) is 65.2 cm³/mol. The summed E-state index contributed by atoms with van der Waals surface area (Å²) >= 11 is 3.16. The lowest BCUT2D eigenvalue weighted by Gasteiger charge is -2.33. The topological polar surface area (TPSA) is 50.9 Å². The largest absolute Gasteiger partial charge is 0.391 e. The van der Waals surface area contributed by atoms with Gasteiger partial charge in [0.2, 0.25) is 0 Å². The Kier molecular flexibility index (Phi) is 4.20. The zero-order chi connectivity index (χ0) is 14.2. The normalized spacial score (nSPS) is 26.4. The van der Waals surface area contributed by atoms with E-state index in [9.17, 15) is 18.3 Å². The van der Waals surface area contributed by atoms with Gasteiger partial charge in [-0.25, -0.2) is 4.68 Å². The second-order valence-corrected chi connectivity index (χ2v) is 5.75. The molecule has 0 saturated heterocycles. The molecule has 1 saturated carbocycles. The first kappa shape index (κ1) is 14.8. The molecule has 1 aromatic rings. The third-order valence-corrected chi connectivity index (χ3v) is 4.30. The lowest BCUT2D eigenvalue weighted by Crippen LogP contribution is -2.31. The van der Waals surface area contributed by atoms with E-state index in [4.69, 9.17) is 0 Å². The summed E-state index contributed by atoms with van der Waals surface area (Å²) < 4.78 is 40.1. The van der Waals surface area contributed by atoms with E-state index in [-0.39, 0.29) is 12.8 Å². The van der Waals surface area contributed by atoms with Crippen LogP contribution in [0.4, 0.5) is 13.2 Å². The Bertz CT molecular complexity index is 429. The second kappa shape index (κ2) is 5.40. The van der Waals surface area contributed by atoms with Crippen LogP contribution in [0, 0.1) is 11.8 Å². The highest BCUT2D eigenvalue weighted by Gasteiger charge is 2.44. The van der Waals surface area contributed by atoms with E-state index in [1.54, 1.807) is 7.05 Å². The van der Waals surface area contributed by atoms with Crippen molar-refractivity contribution in [3.05, 3.63) is 10.3 Å². The lowest BCUT2D eigenvalue weighted by atomic mass is 9.77. The number of hydrogen-bond acceptors (Lipinski definition) is 3. The molecule has 0 spiro atoms. The summed E-state index contributed by atoms with van der Waals surface area (Å²) in [6.45, 7) is 0. The van der Waals surface area contributed by atoms with Gasteiger partial charge in [0, 0.05) is 7.05 Å². The third kappa shape index (κ3) is 3.10. The van der Waals surface area contributed by atoms with Gasteiger partial charge in [-0.1, -0.05) is 11.6 Å². The van der Waals surface area contributed by atoms with E-state index < -0.39 is 24.1 Å². The number of aromatic nitrogens is 3. The first-order valence-corrected chi connectivity index (χ1v) is 6.90. The lowest BCUT2D eigenvalue weighted by molar-refractivity contribution is -0.189. The molecule has 3 unspecified atom stereocenters. The number of halogens is 4. The first-order valence-electron chi connectivity index (χ1n) is 6.10. The summed E-state index contributed by atoms with van der Waals surface area (Å²) in [6.07, 6.45) is -3.97. The van der Waals surface area contributed by atoms with E-state index in [1.807, 2.05) is 0 Å². The number of hydrogen-bond donors (Lipinski definition) is 1. The van der Waals surface area contributed by atoms with E-state index in [0.29, 0.717) is 23.1 Å². The first-order chi connectivity index (χ1) is 8.80. The third-order valence-electron chi connectivity index (χ3n) is 3.73. The van der Waals surface area contributed by atoms with Crippen LogP contribution < -0.4 is 0 Å². The van der Waals surface area contributed by atoms with Crippen molar-refractivity contribution in [2.45, 2.75) is 38.0 Å². The molecule has 3 atom stereocenters. The highest BCUT2D eigenvalue weighted by atomic mass is 79.9. The predicted octanol–water partition coefficient (Wildman–Crippen LogP) is 2.98. The fraction of sp³-hybridized carbons (Fsp3) is 0.818. The van der Waals surface area contributed by atoms with Crippen molar-refractivity contribution in [2.24, 2.45) is 18.9 Å². The highest BCUT2D eigenvalue weighted by Crippen LogP contribution is 2.44. The maximum absolute atomic E-state index is 12.8. The van der Waals surface area contributed by atoms with Crippen LogP contribution in [0.2, 0.25) is 0 Å². The fourth-order valence-electron chi connectivity index (χ4n) is 2.69. The zero-order valence-corrected chi connectivity index (χ0v) is 11.9. The molecule has 4 nitrogen and oxygen atoms in total. The van der Waals surface area contributed by atoms with E-state index in [0.717, 1.165) is 0 Å². The van der Waals surface area contributed by atoms with Crippen molar-refractivity contribution < 1.29 is 18.3 Å². The average molecular weight is 342 g/mol. The second-order valence-electron chi connectivity index (χ2n) is 5.00. The van der Waals surface area contributed by atoms with Crippen molar-refractivity contribution in [2.75, 3.05) is 0 Å². The Morgan fingerprint density at radius 2 is 2.11 bits per heavy atom. The number of aryl methyl sites for hydroxylation is 1. The van der Waals surface area contributed by atoms with Gasteiger partial charge in [0.1, 0.15) is 11.8 Å². The molecule has 1 aliphatic carbocycles. The minimum atomic E-state index is -4.18.